The van der Waals surface area contributed by atoms with Gasteiger partial charge in [0.2, 0.25) is 0 Å². The molecule has 1 amide bonds. The van der Waals surface area contributed by atoms with Crippen molar-refractivity contribution in [2.75, 3.05) is 0 Å². The lowest BCUT2D eigenvalue weighted by Crippen LogP contribution is -2.39. The highest BCUT2D eigenvalue weighted by Crippen LogP contribution is 2.25. The van der Waals surface area contributed by atoms with Crippen LogP contribution in [-0.2, 0) is 4.79 Å². The Morgan fingerprint density at radius 3 is 2.90 bits per heavy atom. The number of H-pyrrole nitrogens is 1. The van der Waals surface area contributed by atoms with Crippen LogP contribution in [0.4, 0.5) is 0 Å². The van der Waals surface area contributed by atoms with E-state index in [0.717, 1.165) is 23.7 Å². The van der Waals surface area contributed by atoms with Crippen LogP contribution in [0.15, 0.2) is 30.5 Å². The molecule has 2 unspecified atom stereocenters. The SMILES string of the molecule is O=C(NC1CCCC(C(=O)O)C1)c1ccc2cc[nH]c2c1. The van der Waals surface area contributed by atoms with Gasteiger partial charge in [-0.1, -0.05) is 12.5 Å². The van der Waals surface area contributed by atoms with Gasteiger partial charge in [0, 0.05) is 23.3 Å². The number of nitrogens with one attached hydrogen (secondary N) is 2. The third kappa shape index (κ3) is 2.91. The molecule has 0 aliphatic heterocycles. The van der Waals surface area contributed by atoms with Crippen molar-refractivity contribution in [2.24, 2.45) is 5.92 Å². The minimum absolute atomic E-state index is 0.0494. The summed E-state index contributed by atoms with van der Waals surface area (Å²) in [6.45, 7) is 0. The van der Waals surface area contributed by atoms with Gasteiger partial charge in [-0.15, -0.1) is 0 Å². The van der Waals surface area contributed by atoms with Crippen molar-refractivity contribution in [1.29, 1.82) is 0 Å². The topological polar surface area (TPSA) is 82.2 Å². The lowest BCUT2D eigenvalue weighted by molar-refractivity contribution is -0.143. The number of aromatic amines is 1. The maximum Gasteiger partial charge on any atom is 0.306 e. The van der Waals surface area contributed by atoms with E-state index in [0.29, 0.717) is 18.4 Å². The minimum atomic E-state index is -0.762. The van der Waals surface area contributed by atoms with Crippen LogP contribution in [-0.4, -0.2) is 28.0 Å². The van der Waals surface area contributed by atoms with Gasteiger partial charge < -0.3 is 15.4 Å². The van der Waals surface area contributed by atoms with Crippen LogP contribution < -0.4 is 5.32 Å². The molecule has 1 aromatic heterocycles. The maximum atomic E-state index is 12.3. The summed E-state index contributed by atoms with van der Waals surface area (Å²) >= 11 is 0. The first-order valence-corrected chi connectivity index (χ1v) is 7.24. The molecule has 1 fully saturated rings. The third-order valence-corrected chi connectivity index (χ3v) is 4.18. The largest absolute Gasteiger partial charge is 0.481 e. The molecule has 1 aliphatic rings. The predicted molar refractivity (Wildman–Crippen MR) is 79.1 cm³/mol. The lowest BCUT2D eigenvalue weighted by atomic mass is 9.85. The summed E-state index contributed by atoms with van der Waals surface area (Å²) in [6, 6.07) is 7.43. The molecule has 1 heterocycles. The second-order valence-electron chi connectivity index (χ2n) is 5.65. The second-order valence-corrected chi connectivity index (χ2v) is 5.65. The quantitative estimate of drug-likeness (QED) is 0.811. The first-order valence-electron chi connectivity index (χ1n) is 7.24. The highest BCUT2D eigenvalue weighted by Gasteiger charge is 2.27. The van der Waals surface area contributed by atoms with Crippen LogP contribution in [0.3, 0.4) is 0 Å². The first kappa shape index (κ1) is 13.7. The molecule has 1 aliphatic carbocycles. The molecule has 110 valence electrons. The zero-order valence-electron chi connectivity index (χ0n) is 11.6. The second kappa shape index (κ2) is 5.60. The fraction of sp³-hybridized carbons (Fsp3) is 0.375. The molecule has 2 aromatic rings. The number of fused-ring (bicyclic) bond motifs is 1. The van der Waals surface area contributed by atoms with Crippen molar-refractivity contribution >= 4 is 22.8 Å². The summed E-state index contributed by atoms with van der Waals surface area (Å²) in [5.41, 5.74) is 1.53. The lowest BCUT2D eigenvalue weighted by Gasteiger charge is -2.27. The fourth-order valence-electron chi connectivity index (χ4n) is 3.00. The zero-order chi connectivity index (χ0) is 14.8. The number of hydrogen-bond donors (Lipinski definition) is 3. The van der Waals surface area contributed by atoms with Crippen LogP contribution in [0.5, 0.6) is 0 Å². The summed E-state index contributed by atoms with van der Waals surface area (Å²) in [5, 5.41) is 13.1. The van der Waals surface area contributed by atoms with E-state index in [1.807, 2.05) is 24.4 Å². The highest BCUT2D eigenvalue weighted by molar-refractivity contribution is 5.98. The van der Waals surface area contributed by atoms with E-state index in [9.17, 15) is 9.59 Å². The first-order chi connectivity index (χ1) is 10.1. The molecule has 1 saturated carbocycles. The normalized spacial score (nSPS) is 22.1. The number of hydrogen-bond acceptors (Lipinski definition) is 2. The predicted octanol–water partition coefficient (Wildman–Crippen LogP) is 2.54. The number of carbonyl (C=O) groups is 2. The van der Waals surface area contributed by atoms with E-state index in [-0.39, 0.29) is 17.9 Å². The summed E-state index contributed by atoms with van der Waals surface area (Å²) in [7, 11) is 0. The van der Waals surface area contributed by atoms with Gasteiger partial charge in [0.05, 0.1) is 5.92 Å². The van der Waals surface area contributed by atoms with Crippen molar-refractivity contribution in [2.45, 2.75) is 31.7 Å². The van der Waals surface area contributed by atoms with Gasteiger partial charge >= 0.3 is 5.97 Å². The van der Waals surface area contributed by atoms with Crippen molar-refractivity contribution in [3.05, 3.63) is 36.0 Å². The molecule has 2 atom stereocenters. The van der Waals surface area contributed by atoms with E-state index in [1.165, 1.54) is 0 Å². The van der Waals surface area contributed by atoms with Gasteiger partial charge in [-0.25, -0.2) is 0 Å². The Labute approximate surface area is 122 Å². The summed E-state index contributed by atoms with van der Waals surface area (Å²) in [6.07, 6.45) is 4.75. The van der Waals surface area contributed by atoms with Gasteiger partial charge in [0.25, 0.3) is 5.91 Å². The molecular formula is C16H18N2O3. The molecule has 0 radical (unpaired) electrons. The monoisotopic (exact) mass is 286 g/mol. The molecule has 3 rings (SSSR count). The number of aromatic nitrogens is 1. The number of carboxylic acids is 1. The van der Waals surface area contributed by atoms with Gasteiger partial charge in [-0.3, -0.25) is 9.59 Å². The summed E-state index contributed by atoms with van der Waals surface area (Å²) in [4.78, 5) is 26.4. The van der Waals surface area contributed by atoms with Crippen LogP contribution in [0.25, 0.3) is 10.9 Å². The van der Waals surface area contributed by atoms with Crippen LogP contribution in [0.2, 0.25) is 0 Å². The molecule has 0 bridgehead atoms. The van der Waals surface area contributed by atoms with Crippen molar-refractivity contribution < 1.29 is 14.7 Å². The van der Waals surface area contributed by atoms with E-state index >= 15 is 0 Å². The zero-order valence-corrected chi connectivity index (χ0v) is 11.6. The Bertz CT molecular complexity index is 677. The molecule has 21 heavy (non-hydrogen) atoms. The summed E-state index contributed by atoms with van der Waals surface area (Å²) < 4.78 is 0. The number of carbonyl (C=O) groups excluding carboxylic acids is 1. The van der Waals surface area contributed by atoms with Gasteiger partial charge in [-0.2, -0.15) is 0 Å². The fourth-order valence-corrected chi connectivity index (χ4v) is 3.00. The maximum absolute atomic E-state index is 12.3. The van der Waals surface area contributed by atoms with Crippen molar-refractivity contribution in [1.82, 2.24) is 10.3 Å². The van der Waals surface area contributed by atoms with E-state index < -0.39 is 5.97 Å². The van der Waals surface area contributed by atoms with Crippen LogP contribution in [0.1, 0.15) is 36.0 Å². The summed E-state index contributed by atoms with van der Waals surface area (Å²) in [5.74, 6) is -1.24. The van der Waals surface area contributed by atoms with E-state index in [4.69, 9.17) is 5.11 Å². The van der Waals surface area contributed by atoms with Crippen LogP contribution >= 0.6 is 0 Å². The Balaban J connectivity index is 1.69. The molecular weight excluding hydrogens is 268 g/mol. The minimum Gasteiger partial charge on any atom is -0.481 e. The average molecular weight is 286 g/mol. The Morgan fingerprint density at radius 1 is 1.24 bits per heavy atom. The molecule has 0 saturated heterocycles. The smallest absolute Gasteiger partial charge is 0.306 e. The molecule has 5 nitrogen and oxygen atoms in total. The Morgan fingerprint density at radius 2 is 2.10 bits per heavy atom. The van der Waals surface area contributed by atoms with E-state index in [2.05, 4.69) is 10.3 Å². The molecule has 1 aromatic carbocycles. The Hall–Kier alpha value is -2.30. The molecule has 0 spiro atoms. The van der Waals surface area contributed by atoms with Crippen molar-refractivity contribution in [3.63, 3.8) is 0 Å². The van der Waals surface area contributed by atoms with Crippen molar-refractivity contribution in [3.8, 4) is 0 Å². The number of carboxylic acid groups (broad SMARTS) is 1. The van der Waals surface area contributed by atoms with Gasteiger partial charge in [0.15, 0.2) is 0 Å². The number of aliphatic carboxylic acids is 1. The van der Waals surface area contributed by atoms with E-state index in [1.54, 1.807) is 6.07 Å². The standard InChI is InChI=1S/C16H18N2O3/c19-15(11-5-4-10-6-7-17-14(10)9-11)18-13-3-1-2-12(8-13)16(20)21/h4-7,9,12-13,17H,1-3,8H2,(H,18,19)(H,20,21). The number of benzene rings is 1. The Kier molecular flexibility index (Phi) is 3.64. The number of amides is 1. The molecule has 3 N–H and O–H groups in total. The average Bonchev–Trinajstić information content (AvgIpc) is 2.94. The number of rotatable bonds is 3. The van der Waals surface area contributed by atoms with Crippen LogP contribution in [0, 0.1) is 5.92 Å². The third-order valence-electron chi connectivity index (χ3n) is 4.18. The van der Waals surface area contributed by atoms with Gasteiger partial charge in [0.1, 0.15) is 0 Å². The highest BCUT2D eigenvalue weighted by atomic mass is 16.4. The van der Waals surface area contributed by atoms with Gasteiger partial charge in [-0.05, 0) is 42.8 Å². The molecule has 5 heteroatoms.